The largest absolute Gasteiger partial charge is 0.352 e. The van der Waals surface area contributed by atoms with Crippen LogP contribution < -0.4 is 16.6 Å². The molecule has 0 saturated carbocycles. The zero-order chi connectivity index (χ0) is 20.2. The van der Waals surface area contributed by atoms with Gasteiger partial charge in [0.25, 0.3) is 5.56 Å². The Bertz CT molecular complexity index is 1120. The number of hydrogen-bond acceptors (Lipinski definition) is 4. The zero-order valence-electron chi connectivity index (χ0n) is 16.1. The summed E-state index contributed by atoms with van der Waals surface area (Å²) in [4.78, 5) is 41.2. The molecule has 1 aliphatic heterocycles. The normalized spacial score (nSPS) is 16.9. The van der Waals surface area contributed by atoms with Gasteiger partial charge in [-0.15, -0.1) is 0 Å². The van der Waals surface area contributed by atoms with Gasteiger partial charge in [0.05, 0.1) is 10.9 Å². The second kappa shape index (κ2) is 8.45. The number of aromatic nitrogens is 2. The lowest BCUT2D eigenvalue weighted by atomic mass is 10.2. The molecule has 1 atom stereocenters. The van der Waals surface area contributed by atoms with Crippen molar-refractivity contribution >= 4 is 16.8 Å². The fourth-order valence-corrected chi connectivity index (χ4v) is 3.91. The average Bonchev–Trinajstić information content (AvgIpc) is 3.15. The van der Waals surface area contributed by atoms with E-state index in [9.17, 15) is 14.4 Å². The van der Waals surface area contributed by atoms with Crippen molar-refractivity contribution < 1.29 is 4.79 Å². The number of carbonyl (C=O) groups is 1. The maximum atomic E-state index is 12.4. The number of aromatic amines is 1. The predicted molar refractivity (Wildman–Crippen MR) is 112 cm³/mol. The molecule has 150 valence electrons. The van der Waals surface area contributed by atoms with Crippen LogP contribution in [0, 0.1) is 0 Å². The molecule has 1 aliphatic rings. The van der Waals surface area contributed by atoms with Crippen LogP contribution in [0.15, 0.2) is 64.2 Å². The lowest BCUT2D eigenvalue weighted by Gasteiger charge is -2.17. The second-order valence-electron chi connectivity index (χ2n) is 7.45. The second-order valence-corrected chi connectivity index (χ2v) is 7.45. The number of nitrogens with zero attached hydrogens (tertiary/aromatic N) is 2. The van der Waals surface area contributed by atoms with Crippen molar-refractivity contribution in [2.45, 2.75) is 32.0 Å². The lowest BCUT2D eigenvalue weighted by molar-refractivity contribution is -0.121. The van der Waals surface area contributed by atoms with Gasteiger partial charge in [-0.3, -0.25) is 24.0 Å². The van der Waals surface area contributed by atoms with Crippen LogP contribution in [0.25, 0.3) is 10.9 Å². The number of carbonyl (C=O) groups excluding carboxylic acids is 1. The van der Waals surface area contributed by atoms with Gasteiger partial charge in [0.15, 0.2) is 0 Å². The van der Waals surface area contributed by atoms with E-state index in [1.165, 1.54) is 10.1 Å². The number of fused-ring (bicyclic) bond motifs is 1. The van der Waals surface area contributed by atoms with Crippen LogP contribution >= 0.6 is 0 Å². The van der Waals surface area contributed by atoms with Gasteiger partial charge in [0, 0.05) is 38.6 Å². The van der Waals surface area contributed by atoms with E-state index in [2.05, 4.69) is 27.3 Å². The molecule has 4 rings (SSSR count). The molecule has 2 aromatic carbocycles. The van der Waals surface area contributed by atoms with Crippen molar-refractivity contribution in [3.05, 3.63) is 81.0 Å². The van der Waals surface area contributed by atoms with Crippen LogP contribution in [0.3, 0.4) is 0 Å². The summed E-state index contributed by atoms with van der Waals surface area (Å²) in [6.45, 7) is 2.88. The van der Waals surface area contributed by atoms with Crippen molar-refractivity contribution in [1.29, 1.82) is 0 Å². The highest BCUT2D eigenvalue weighted by atomic mass is 16.2. The molecule has 1 saturated heterocycles. The van der Waals surface area contributed by atoms with Crippen molar-refractivity contribution in [1.82, 2.24) is 19.8 Å². The molecule has 0 aliphatic carbocycles. The fourth-order valence-electron chi connectivity index (χ4n) is 3.91. The fraction of sp³-hybridized carbons (Fsp3) is 0.318. The molecule has 0 spiro atoms. The van der Waals surface area contributed by atoms with Crippen LogP contribution in [-0.4, -0.2) is 39.5 Å². The molecule has 7 heteroatoms. The summed E-state index contributed by atoms with van der Waals surface area (Å²) in [7, 11) is 0. The third kappa shape index (κ3) is 4.46. The quantitative estimate of drug-likeness (QED) is 0.665. The number of likely N-dealkylation sites (tertiary alicyclic amines) is 1. The first-order valence-corrected chi connectivity index (χ1v) is 9.87. The van der Waals surface area contributed by atoms with E-state index >= 15 is 0 Å². The maximum Gasteiger partial charge on any atom is 0.328 e. The minimum Gasteiger partial charge on any atom is -0.352 e. The van der Waals surface area contributed by atoms with Gasteiger partial charge in [0.1, 0.15) is 0 Å². The standard InChI is InChI=1S/C22H24N4O3/c27-20(23-17-10-12-25(15-17)14-16-6-2-1-3-7-16)11-13-26-19-9-5-4-8-18(19)21(28)24-22(26)29/h1-9,17H,10-15H2,(H,23,27)(H,24,28,29)/t17-/m1/s1. The highest BCUT2D eigenvalue weighted by molar-refractivity contribution is 5.79. The Morgan fingerprint density at radius 2 is 1.83 bits per heavy atom. The third-order valence-corrected chi connectivity index (χ3v) is 5.35. The summed E-state index contributed by atoms with van der Waals surface area (Å²) >= 11 is 0. The van der Waals surface area contributed by atoms with Crippen molar-refractivity contribution in [2.24, 2.45) is 0 Å². The Morgan fingerprint density at radius 3 is 2.66 bits per heavy atom. The Hall–Kier alpha value is -3.19. The highest BCUT2D eigenvalue weighted by Crippen LogP contribution is 2.14. The zero-order valence-corrected chi connectivity index (χ0v) is 16.1. The smallest absolute Gasteiger partial charge is 0.328 e. The first kappa shape index (κ1) is 19.1. The van der Waals surface area contributed by atoms with Crippen LogP contribution in [0.1, 0.15) is 18.4 Å². The molecule has 7 nitrogen and oxygen atoms in total. The molecule has 3 aromatic rings. The maximum absolute atomic E-state index is 12.4. The van der Waals surface area contributed by atoms with Gasteiger partial charge >= 0.3 is 5.69 Å². The summed E-state index contributed by atoms with van der Waals surface area (Å²) in [5.41, 5.74) is 0.917. The number of para-hydroxylation sites is 1. The van der Waals surface area contributed by atoms with E-state index in [0.29, 0.717) is 10.9 Å². The van der Waals surface area contributed by atoms with Gasteiger partial charge in [0.2, 0.25) is 5.91 Å². The van der Waals surface area contributed by atoms with E-state index in [-0.39, 0.29) is 24.9 Å². The van der Waals surface area contributed by atoms with Crippen LogP contribution in [0.5, 0.6) is 0 Å². The van der Waals surface area contributed by atoms with E-state index in [1.807, 2.05) is 18.2 Å². The molecule has 0 radical (unpaired) electrons. The van der Waals surface area contributed by atoms with Crippen LogP contribution in [0.2, 0.25) is 0 Å². The van der Waals surface area contributed by atoms with Gasteiger partial charge in [-0.05, 0) is 24.1 Å². The van der Waals surface area contributed by atoms with E-state index in [4.69, 9.17) is 0 Å². The van der Waals surface area contributed by atoms with Gasteiger partial charge in [-0.25, -0.2) is 4.79 Å². The van der Waals surface area contributed by atoms with E-state index in [1.54, 1.807) is 24.3 Å². The molecule has 2 N–H and O–H groups in total. The number of nitrogens with one attached hydrogen (secondary N) is 2. The number of aryl methyl sites for hydroxylation is 1. The molecule has 1 aromatic heterocycles. The van der Waals surface area contributed by atoms with Gasteiger partial charge in [-0.1, -0.05) is 42.5 Å². The number of rotatable bonds is 6. The van der Waals surface area contributed by atoms with Gasteiger partial charge in [-0.2, -0.15) is 0 Å². The van der Waals surface area contributed by atoms with Gasteiger partial charge < -0.3 is 5.32 Å². The number of amides is 1. The number of hydrogen-bond donors (Lipinski definition) is 2. The van der Waals surface area contributed by atoms with Crippen LogP contribution in [-0.2, 0) is 17.9 Å². The van der Waals surface area contributed by atoms with Crippen molar-refractivity contribution in [3.8, 4) is 0 Å². The predicted octanol–water partition coefficient (Wildman–Crippen LogP) is 1.47. The Labute approximate surface area is 168 Å². The molecular formula is C22H24N4O3. The number of H-pyrrole nitrogens is 1. The third-order valence-electron chi connectivity index (χ3n) is 5.35. The summed E-state index contributed by atoms with van der Waals surface area (Å²) in [5, 5.41) is 3.52. The van der Waals surface area contributed by atoms with Crippen LogP contribution in [0.4, 0.5) is 0 Å². The minimum absolute atomic E-state index is 0.0845. The van der Waals surface area contributed by atoms with E-state index in [0.717, 1.165) is 26.1 Å². The van der Waals surface area contributed by atoms with Crippen molar-refractivity contribution in [3.63, 3.8) is 0 Å². The summed E-state index contributed by atoms with van der Waals surface area (Å²) in [6, 6.07) is 17.3. The first-order chi connectivity index (χ1) is 14.1. The lowest BCUT2D eigenvalue weighted by Crippen LogP contribution is -2.38. The van der Waals surface area contributed by atoms with Crippen molar-refractivity contribution in [2.75, 3.05) is 13.1 Å². The Kier molecular flexibility index (Phi) is 5.57. The van der Waals surface area contributed by atoms with E-state index < -0.39 is 11.2 Å². The minimum atomic E-state index is -0.489. The average molecular weight is 392 g/mol. The molecule has 0 bridgehead atoms. The molecule has 2 heterocycles. The topological polar surface area (TPSA) is 87.2 Å². The Morgan fingerprint density at radius 1 is 1.07 bits per heavy atom. The molecule has 0 unspecified atom stereocenters. The molecule has 1 fully saturated rings. The highest BCUT2D eigenvalue weighted by Gasteiger charge is 2.23. The first-order valence-electron chi connectivity index (χ1n) is 9.87. The monoisotopic (exact) mass is 392 g/mol. The molecule has 29 heavy (non-hydrogen) atoms. The summed E-state index contributed by atoms with van der Waals surface area (Å²) < 4.78 is 1.45. The SMILES string of the molecule is O=C(CCn1c(=O)[nH]c(=O)c2ccccc21)N[C@@H]1CCN(Cc2ccccc2)C1. The molecular weight excluding hydrogens is 368 g/mol. The summed E-state index contributed by atoms with van der Waals surface area (Å²) in [6.07, 6.45) is 1.10. The summed E-state index contributed by atoms with van der Waals surface area (Å²) in [5.74, 6) is -0.0845. The number of benzene rings is 2. The molecule has 1 amide bonds. The Balaban J connectivity index is 1.34.